The number of aromatic nitrogens is 2. The summed E-state index contributed by atoms with van der Waals surface area (Å²) >= 11 is 3.92. The van der Waals surface area contributed by atoms with E-state index in [1.54, 1.807) is 0 Å². The third-order valence-electron chi connectivity index (χ3n) is 4.02. The lowest BCUT2D eigenvalue weighted by Crippen LogP contribution is -2.20. The summed E-state index contributed by atoms with van der Waals surface area (Å²) in [6.45, 7) is 2.21. The van der Waals surface area contributed by atoms with Crippen LogP contribution in [-0.2, 0) is 4.79 Å². The van der Waals surface area contributed by atoms with Crippen LogP contribution in [0.25, 0.3) is 0 Å². The van der Waals surface area contributed by atoms with Crippen LogP contribution in [0.4, 0.5) is 0 Å². The topological polar surface area (TPSA) is 56.0 Å². The van der Waals surface area contributed by atoms with E-state index in [0.717, 1.165) is 37.3 Å². The van der Waals surface area contributed by atoms with Crippen molar-refractivity contribution in [3.63, 3.8) is 0 Å². The summed E-state index contributed by atoms with van der Waals surface area (Å²) in [5.41, 5.74) is 0. The molecule has 1 aromatic heterocycles. The van der Waals surface area contributed by atoms with E-state index in [1.165, 1.54) is 5.75 Å². The fourth-order valence-corrected chi connectivity index (χ4v) is 5.87. The van der Waals surface area contributed by atoms with Gasteiger partial charge in [-0.05, 0) is 19.3 Å². The van der Waals surface area contributed by atoms with Gasteiger partial charge in [0.1, 0.15) is 5.78 Å². The van der Waals surface area contributed by atoms with Crippen LogP contribution in [-0.4, -0.2) is 32.7 Å². The van der Waals surface area contributed by atoms with E-state index >= 15 is 0 Å². The summed E-state index contributed by atoms with van der Waals surface area (Å²) < 4.78 is 5.42. The molecule has 6 heteroatoms. The first-order valence-corrected chi connectivity index (χ1v) is 9.48. The van der Waals surface area contributed by atoms with E-state index < -0.39 is 0 Å². The van der Waals surface area contributed by atoms with Crippen molar-refractivity contribution in [2.24, 2.45) is 0 Å². The first-order chi connectivity index (χ1) is 9.79. The number of rotatable bonds is 3. The molecule has 1 aromatic rings. The summed E-state index contributed by atoms with van der Waals surface area (Å²) in [5, 5.41) is 5.05. The van der Waals surface area contributed by atoms with E-state index in [0.29, 0.717) is 22.8 Å². The largest absolute Gasteiger partial charge is 0.339 e. The molecule has 3 atom stereocenters. The van der Waals surface area contributed by atoms with Crippen molar-refractivity contribution in [3.05, 3.63) is 11.7 Å². The molecule has 3 rings (SSSR count). The fraction of sp³-hybridized carbons (Fsp3) is 0.786. The molecular formula is C14H20N2O2S2. The molecule has 0 spiro atoms. The quantitative estimate of drug-likeness (QED) is 0.850. The summed E-state index contributed by atoms with van der Waals surface area (Å²) in [7, 11) is 0. The lowest BCUT2D eigenvalue weighted by molar-refractivity contribution is -0.122. The van der Waals surface area contributed by atoms with Gasteiger partial charge in [0, 0.05) is 23.2 Å². The third kappa shape index (κ3) is 2.91. The van der Waals surface area contributed by atoms with E-state index in [-0.39, 0.29) is 11.7 Å². The zero-order valence-corrected chi connectivity index (χ0v) is 13.3. The highest BCUT2D eigenvalue weighted by atomic mass is 32.2. The van der Waals surface area contributed by atoms with Gasteiger partial charge in [0.05, 0.1) is 11.2 Å². The van der Waals surface area contributed by atoms with Crippen molar-refractivity contribution in [1.82, 2.24) is 10.1 Å². The maximum absolute atomic E-state index is 12.0. The molecule has 0 bridgehead atoms. The predicted molar refractivity (Wildman–Crippen MR) is 82.3 cm³/mol. The van der Waals surface area contributed by atoms with Crippen LogP contribution < -0.4 is 0 Å². The number of carbonyl (C=O) groups is 1. The fourth-order valence-electron chi connectivity index (χ4n) is 2.89. The maximum atomic E-state index is 12.0. The second kappa shape index (κ2) is 6.52. The van der Waals surface area contributed by atoms with E-state index in [4.69, 9.17) is 4.52 Å². The highest BCUT2D eigenvalue weighted by molar-refractivity contribution is 8.06. The number of ketones is 1. The van der Waals surface area contributed by atoms with Gasteiger partial charge in [0.2, 0.25) is 5.89 Å². The second-order valence-corrected chi connectivity index (χ2v) is 7.96. The highest BCUT2D eigenvalue weighted by Crippen LogP contribution is 2.43. The Morgan fingerprint density at radius 3 is 2.95 bits per heavy atom. The number of carbonyl (C=O) groups excluding carboxylic acids is 1. The predicted octanol–water partition coefficient (Wildman–Crippen LogP) is 3.60. The Morgan fingerprint density at radius 2 is 2.15 bits per heavy atom. The number of thioether (sulfide) groups is 2. The normalized spacial score (nSPS) is 31.4. The number of Topliss-reactive ketones (excluding diaryl/α,β-unsaturated/α-hetero) is 1. The second-order valence-electron chi connectivity index (χ2n) is 5.36. The SMILES string of the molecule is CCC1SCCSC1c1noc(C2CCCCC2=O)n1. The number of hydrogen-bond donors (Lipinski definition) is 0. The standard InChI is InChI=1S/C14H20N2O2S2/c1-2-11-12(20-8-7-19-11)13-15-14(18-16-13)9-5-3-4-6-10(9)17/h9,11-12H,2-8H2,1H3. The summed E-state index contributed by atoms with van der Waals surface area (Å²) in [6.07, 6.45) is 4.73. The Balaban J connectivity index is 1.77. The van der Waals surface area contributed by atoms with E-state index in [1.807, 2.05) is 23.5 Å². The molecule has 0 radical (unpaired) electrons. The van der Waals surface area contributed by atoms with Crippen molar-refractivity contribution < 1.29 is 9.32 Å². The lowest BCUT2D eigenvalue weighted by atomic mass is 9.88. The Kier molecular flexibility index (Phi) is 4.71. The molecule has 2 aliphatic rings. The Hall–Kier alpha value is -0.490. The first kappa shape index (κ1) is 14.4. The van der Waals surface area contributed by atoms with Crippen molar-refractivity contribution in [1.29, 1.82) is 0 Å². The van der Waals surface area contributed by atoms with Crippen LogP contribution in [0.2, 0.25) is 0 Å². The third-order valence-corrected chi connectivity index (χ3v) is 7.26. The van der Waals surface area contributed by atoms with Crippen LogP contribution in [0.1, 0.15) is 61.9 Å². The molecular weight excluding hydrogens is 292 g/mol. The smallest absolute Gasteiger partial charge is 0.237 e. The monoisotopic (exact) mass is 312 g/mol. The van der Waals surface area contributed by atoms with Crippen LogP contribution in [0.5, 0.6) is 0 Å². The summed E-state index contributed by atoms with van der Waals surface area (Å²) in [6, 6.07) is 0. The van der Waals surface area contributed by atoms with Gasteiger partial charge in [0.15, 0.2) is 5.82 Å². The lowest BCUT2D eigenvalue weighted by Gasteiger charge is -2.27. The van der Waals surface area contributed by atoms with Crippen LogP contribution in [0.15, 0.2) is 4.52 Å². The molecule has 1 aliphatic heterocycles. The highest BCUT2D eigenvalue weighted by Gasteiger charge is 2.33. The molecule has 0 aromatic carbocycles. The minimum Gasteiger partial charge on any atom is -0.339 e. The average molecular weight is 312 g/mol. The molecule has 0 amide bonds. The van der Waals surface area contributed by atoms with Gasteiger partial charge in [-0.3, -0.25) is 4.79 Å². The molecule has 110 valence electrons. The van der Waals surface area contributed by atoms with Gasteiger partial charge in [-0.15, -0.1) is 11.8 Å². The summed E-state index contributed by atoms with van der Waals surface area (Å²) in [5.74, 6) is 3.80. The number of nitrogens with zero attached hydrogens (tertiary/aromatic N) is 2. The first-order valence-electron chi connectivity index (χ1n) is 7.39. The van der Waals surface area contributed by atoms with Crippen LogP contribution >= 0.6 is 23.5 Å². The molecule has 0 N–H and O–H groups in total. The van der Waals surface area contributed by atoms with Crippen molar-refractivity contribution in [2.45, 2.75) is 55.4 Å². The number of hydrogen-bond acceptors (Lipinski definition) is 6. The molecule has 1 aliphatic carbocycles. The van der Waals surface area contributed by atoms with E-state index in [2.05, 4.69) is 17.1 Å². The van der Waals surface area contributed by atoms with Gasteiger partial charge in [-0.25, -0.2) is 0 Å². The van der Waals surface area contributed by atoms with Gasteiger partial charge < -0.3 is 4.52 Å². The Labute approximate surface area is 127 Å². The molecule has 20 heavy (non-hydrogen) atoms. The Bertz CT molecular complexity index is 477. The van der Waals surface area contributed by atoms with Gasteiger partial charge in [-0.2, -0.15) is 16.7 Å². The van der Waals surface area contributed by atoms with Crippen molar-refractivity contribution in [2.75, 3.05) is 11.5 Å². The molecule has 3 unspecified atom stereocenters. The van der Waals surface area contributed by atoms with E-state index in [9.17, 15) is 4.79 Å². The minimum atomic E-state index is -0.147. The molecule has 4 nitrogen and oxygen atoms in total. The van der Waals surface area contributed by atoms with Gasteiger partial charge in [-0.1, -0.05) is 18.5 Å². The zero-order chi connectivity index (χ0) is 13.9. The van der Waals surface area contributed by atoms with Crippen molar-refractivity contribution >= 4 is 29.3 Å². The zero-order valence-electron chi connectivity index (χ0n) is 11.7. The Morgan fingerprint density at radius 1 is 1.30 bits per heavy atom. The maximum Gasteiger partial charge on any atom is 0.237 e. The van der Waals surface area contributed by atoms with Gasteiger partial charge >= 0.3 is 0 Å². The average Bonchev–Trinajstić information content (AvgIpc) is 2.97. The molecule has 1 saturated carbocycles. The van der Waals surface area contributed by atoms with Crippen molar-refractivity contribution in [3.8, 4) is 0 Å². The van der Waals surface area contributed by atoms with Crippen LogP contribution in [0.3, 0.4) is 0 Å². The van der Waals surface area contributed by atoms with Crippen LogP contribution in [0, 0.1) is 0 Å². The minimum absolute atomic E-state index is 0.147. The molecule has 2 heterocycles. The summed E-state index contributed by atoms with van der Waals surface area (Å²) in [4.78, 5) is 16.5. The molecule has 2 fully saturated rings. The molecule has 1 saturated heterocycles. The van der Waals surface area contributed by atoms with Gasteiger partial charge in [0.25, 0.3) is 0 Å².